The zero-order valence-corrected chi connectivity index (χ0v) is 13.9. The molecule has 1 fully saturated rings. The number of carbonyl (C=O) groups excluding carboxylic acids is 2. The Balaban J connectivity index is 1.89. The molecule has 2 amide bonds. The quantitative estimate of drug-likeness (QED) is 0.858. The Morgan fingerprint density at radius 2 is 2.04 bits per heavy atom. The molecule has 0 saturated carbocycles. The van der Waals surface area contributed by atoms with Gasteiger partial charge in [0.1, 0.15) is 5.82 Å². The number of carbonyl (C=O) groups is 2. The van der Waals surface area contributed by atoms with Crippen LogP contribution in [0.15, 0.2) is 18.2 Å². The third kappa shape index (κ3) is 4.34. The second kappa shape index (κ2) is 7.64. The van der Waals surface area contributed by atoms with E-state index < -0.39 is 5.82 Å². The van der Waals surface area contributed by atoms with Crippen molar-refractivity contribution in [2.75, 3.05) is 20.2 Å². The monoisotopic (exact) mass is 342 g/mol. The molecule has 0 spiro atoms. The lowest BCUT2D eigenvalue weighted by molar-refractivity contribution is -0.146. The minimum absolute atomic E-state index is 0.0301. The summed E-state index contributed by atoms with van der Waals surface area (Å²) in [6.07, 6.45) is 1.19. The van der Waals surface area contributed by atoms with Crippen LogP contribution in [0.2, 0.25) is 5.02 Å². The van der Waals surface area contributed by atoms with Crippen molar-refractivity contribution in [3.05, 3.63) is 34.6 Å². The van der Waals surface area contributed by atoms with Gasteiger partial charge in [-0.2, -0.15) is 0 Å². The Bertz CT molecular complexity index is 589. The smallest absolute Gasteiger partial charge is 0.317 e. The summed E-state index contributed by atoms with van der Waals surface area (Å²) >= 11 is 5.76. The molecule has 1 aromatic rings. The first-order valence-corrected chi connectivity index (χ1v) is 7.88. The topological polar surface area (TPSA) is 58.6 Å². The van der Waals surface area contributed by atoms with E-state index in [1.54, 1.807) is 11.0 Å². The molecule has 1 saturated heterocycles. The number of urea groups is 1. The molecule has 0 aromatic heterocycles. The third-order valence-corrected chi connectivity index (χ3v) is 4.39. The standard InChI is InChI=1S/C16H20ClFN2O3/c1-10(12-3-4-14(18)13(17)9-12)19-16(22)20-7-5-11(6-8-20)15(21)23-2/h3-4,9-11H,5-8H2,1-2H3,(H,19,22)/t10-/m1/s1. The summed E-state index contributed by atoms with van der Waals surface area (Å²) in [6.45, 7) is 2.81. The summed E-state index contributed by atoms with van der Waals surface area (Å²) < 4.78 is 17.9. The molecule has 1 atom stereocenters. The summed E-state index contributed by atoms with van der Waals surface area (Å²) in [4.78, 5) is 25.4. The van der Waals surface area contributed by atoms with Crippen LogP contribution in [0.25, 0.3) is 0 Å². The Labute approximate surface area is 139 Å². The molecule has 0 bridgehead atoms. The van der Waals surface area contributed by atoms with Gasteiger partial charge in [0.25, 0.3) is 0 Å². The molecular formula is C16H20ClFN2O3. The van der Waals surface area contributed by atoms with Crippen LogP contribution < -0.4 is 5.32 Å². The van der Waals surface area contributed by atoms with Crippen LogP contribution >= 0.6 is 11.6 Å². The first-order valence-electron chi connectivity index (χ1n) is 7.50. The zero-order chi connectivity index (χ0) is 17.0. The van der Waals surface area contributed by atoms with Gasteiger partial charge in [0.15, 0.2) is 0 Å². The van der Waals surface area contributed by atoms with Crippen molar-refractivity contribution >= 4 is 23.6 Å². The Morgan fingerprint density at radius 1 is 1.39 bits per heavy atom. The van der Waals surface area contributed by atoms with Crippen LogP contribution in [0.1, 0.15) is 31.4 Å². The summed E-state index contributed by atoms with van der Waals surface area (Å²) in [5.74, 6) is -0.851. The molecule has 23 heavy (non-hydrogen) atoms. The van der Waals surface area contributed by atoms with E-state index in [2.05, 4.69) is 5.32 Å². The number of ether oxygens (including phenoxy) is 1. The van der Waals surface area contributed by atoms with E-state index in [1.807, 2.05) is 6.92 Å². The number of esters is 1. The minimum atomic E-state index is -0.487. The van der Waals surface area contributed by atoms with Crippen molar-refractivity contribution in [3.8, 4) is 0 Å². The van der Waals surface area contributed by atoms with Gasteiger partial charge in [-0.05, 0) is 37.5 Å². The average molecular weight is 343 g/mol. The van der Waals surface area contributed by atoms with Gasteiger partial charge in [-0.25, -0.2) is 9.18 Å². The maximum absolute atomic E-state index is 13.2. The van der Waals surface area contributed by atoms with Crippen molar-refractivity contribution in [2.24, 2.45) is 5.92 Å². The zero-order valence-electron chi connectivity index (χ0n) is 13.1. The van der Waals surface area contributed by atoms with Gasteiger partial charge in [-0.3, -0.25) is 4.79 Å². The number of likely N-dealkylation sites (tertiary alicyclic amines) is 1. The van der Waals surface area contributed by atoms with Gasteiger partial charge in [-0.1, -0.05) is 17.7 Å². The van der Waals surface area contributed by atoms with Crippen molar-refractivity contribution in [3.63, 3.8) is 0 Å². The molecule has 1 aromatic carbocycles. The third-order valence-electron chi connectivity index (χ3n) is 4.10. The SMILES string of the molecule is COC(=O)C1CCN(C(=O)N[C@H](C)c2ccc(F)c(Cl)c2)CC1. The van der Waals surface area contributed by atoms with Gasteiger partial charge in [0, 0.05) is 13.1 Å². The second-order valence-electron chi connectivity index (χ2n) is 5.63. The van der Waals surface area contributed by atoms with E-state index >= 15 is 0 Å². The highest BCUT2D eigenvalue weighted by Crippen LogP contribution is 2.22. The number of hydrogen-bond acceptors (Lipinski definition) is 3. The summed E-state index contributed by atoms with van der Waals surface area (Å²) in [5.41, 5.74) is 0.731. The van der Waals surface area contributed by atoms with E-state index in [1.165, 1.54) is 19.2 Å². The summed E-state index contributed by atoms with van der Waals surface area (Å²) in [7, 11) is 1.37. The lowest BCUT2D eigenvalue weighted by Crippen LogP contribution is -2.46. The fraction of sp³-hybridized carbons (Fsp3) is 0.500. The van der Waals surface area contributed by atoms with Crippen LogP contribution in [0.3, 0.4) is 0 Å². The van der Waals surface area contributed by atoms with Crippen molar-refractivity contribution < 1.29 is 18.7 Å². The molecule has 1 aliphatic rings. The van der Waals surface area contributed by atoms with Gasteiger partial charge in [0.2, 0.25) is 0 Å². The van der Waals surface area contributed by atoms with Crippen LogP contribution in [0, 0.1) is 11.7 Å². The molecule has 1 heterocycles. The van der Waals surface area contributed by atoms with Crippen LogP contribution in [0.4, 0.5) is 9.18 Å². The molecule has 1 aliphatic heterocycles. The van der Waals surface area contributed by atoms with Crippen molar-refractivity contribution in [1.29, 1.82) is 0 Å². The normalized spacial score (nSPS) is 16.8. The van der Waals surface area contributed by atoms with Gasteiger partial charge >= 0.3 is 12.0 Å². The number of nitrogens with zero attached hydrogens (tertiary/aromatic N) is 1. The first kappa shape index (κ1) is 17.5. The molecular weight excluding hydrogens is 323 g/mol. The van der Waals surface area contributed by atoms with Crippen LogP contribution in [-0.2, 0) is 9.53 Å². The molecule has 126 valence electrons. The highest BCUT2D eigenvalue weighted by Gasteiger charge is 2.28. The second-order valence-corrected chi connectivity index (χ2v) is 6.04. The number of benzene rings is 1. The van der Waals surface area contributed by atoms with E-state index in [-0.39, 0.29) is 29.0 Å². The molecule has 0 aliphatic carbocycles. The van der Waals surface area contributed by atoms with E-state index in [4.69, 9.17) is 16.3 Å². The molecule has 1 N–H and O–H groups in total. The van der Waals surface area contributed by atoms with E-state index in [0.29, 0.717) is 25.9 Å². The van der Waals surface area contributed by atoms with Crippen molar-refractivity contribution in [1.82, 2.24) is 10.2 Å². The van der Waals surface area contributed by atoms with Crippen molar-refractivity contribution in [2.45, 2.75) is 25.8 Å². The largest absolute Gasteiger partial charge is 0.469 e. The number of rotatable bonds is 3. The van der Waals surface area contributed by atoms with Gasteiger partial charge in [-0.15, -0.1) is 0 Å². The predicted molar refractivity (Wildman–Crippen MR) is 84.7 cm³/mol. The molecule has 7 heteroatoms. The van der Waals surface area contributed by atoms with Crippen LogP contribution in [0.5, 0.6) is 0 Å². The van der Waals surface area contributed by atoms with E-state index in [0.717, 1.165) is 5.56 Å². The predicted octanol–water partition coefficient (Wildman–Crippen LogP) is 3.13. The van der Waals surface area contributed by atoms with Gasteiger partial charge < -0.3 is 15.0 Å². The lowest BCUT2D eigenvalue weighted by atomic mass is 9.97. The van der Waals surface area contributed by atoms with Crippen LogP contribution in [-0.4, -0.2) is 37.1 Å². The highest BCUT2D eigenvalue weighted by molar-refractivity contribution is 6.30. The summed E-state index contributed by atoms with van der Waals surface area (Å²) in [6, 6.07) is 3.88. The molecule has 5 nitrogen and oxygen atoms in total. The number of hydrogen-bond donors (Lipinski definition) is 1. The lowest BCUT2D eigenvalue weighted by Gasteiger charge is -2.31. The number of piperidine rings is 1. The average Bonchev–Trinajstić information content (AvgIpc) is 2.56. The fourth-order valence-corrected chi connectivity index (χ4v) is 2.82. The fourth-order valence-electron chi connectivity index (χ4n) is 2.63. The van der Waals surface area contributed by atoms with Gasteiger partial charge in [0.05, 0.1) is 24.1 Å². The number of halogens is 2. The Morgan fingerprint density at radius 3 is 2.61 bits per heavy atom. The molecule has 2 rings (SSSR count). The maximum atomic E-state index is 13.2. The Kier molecular flexibility index (Phi) is 5.82. The molecule has 0 unspecified atom stereocenters. The number of methoxy groups -OCH3 is 1. The summed E-state index contributed by atoms with van der Waals surface area (Å²) in [5, 5.41) is 2.89. The maximum Gasteiger partial charge on any atom is 0.317 e. The number of amides is 2. The molecule has 0 radical (unpaired) electrons. The minimum Gasteiger partial charge on any atom is -0.469 e. The Hall–Kier alpha value is -1.82. The highest BCUT2D eigenvalue weighted by atomic mass is 35.5. The van der Waals surface area contributed by atoms with E-state index in [9.17, 15) is 14.0 Å². The first-order chi connectivity index (χ1) is 10.9. The number of nitrogens with one attached hydrogen (secondary N) is 1.